The molecule has 1 saturated heterocycles. The summed E-state index contributed by atoms with van der Waals surface area (Å²) in [4.78, 5) is 28.2. The van der Waals surface area contributed by atoms with E-state index in [1.165, 1.54) is 12.1 Å². The Morgan fingerprint density at radius 3 is 2.62 bits per heavy atom. The highest BCUT2D eigenvalue weighted by atomic mass is 19.1. The number of anilines is 1. The molecule has 1 fully saturated rings. The normalized spacial score (nSPS) is 14.6. The minimum atomic E-state index is -0.320. The molecule has 0 aliphatic carbocycles. The molecule has 4 rings (SSSR count). The predicted molar refractivity (Wildman–Crippen MR) is 123 cm³/mol. The van der Waals surface area contributed by atoms with Gasteiger partial charge in [0.2, 0.25) is 11.9 Å². The number of carbonyl (C=O) groups is 1. The number of hydrogen-bond donors (Lipinski definition) is 1. The van der Waals surface area contributed by atoms with Gasteiger partial charge in [-0.2, -0.15) is 0 Å². The minimum absolute atomic E-state index is 0.0749. The van der Waals surface area contributed by atoms with Gasteiger partial charge in [0.1, 0.15) is 5.82 Å². The number of rotatable bonds is 6. The fraction of sp³-hybridized carbons (Fsp3) is 0.360. The fourth-order valence-electron chi connectivity index (χ4n) is 4.07. The van der Waals surface area contributed by atoms with Crippen molar-refractivity contribution >= 4 is 11.9 Å². The van der Waals surface area contributed by atoms with Gasteiger partial charge in [0, 0.05) is 43.3 Å². The van der Waals surface area contributed by atoms with Crippen LogP contribution in [0.25, 0.3) is 11.1 Å². The van der Waals surface area contributed by atoms with Crippen LogP contribution in [0.3, 0.4) is 0 Å². The Morgan fingerprint density at radius 2 is 1.94 bits per heavy atom. The zero-order valence-electron chi connectivity index (χ0n) is 18.5. The van der Waals surface area contributed by atoms with Crippen molar-refractivity contribution in [3.8, 4) is 11.1 Å². The van der Waals surface area contributed by atoms with E-state index in [4.69, 9.17) is 4.98 Å². The average Bonchev–Trinajstić information content (AvgIpc) is 2.80. The summed E-state index contributed by atoms with van der Waals surface area (Å²) in [6, 6.07) is 10.2. The Morgan fingerprint density at radius 1 is 1.19 bits per heavy atom. The molecule has 1 aliphatic rings. The van der Waals surface area contributed by atoms with Gasteiger partial charge < -0.3 is 10.2 Å². The molecular formula is C25H28FN5O. The van der Waals surface area contributed by atoms with E-state index in [0.29, 0.717) is 5.56 Å². The first-order chi connectivity index (χ1) is 15.5. The van der Waals surface area contributed by atoms with E-state index in [1.54, 1.807) is 24.5 Å². The predicted octanol–water partition coefficient (Wildman–Crippen LogP) is 4.13. The van der Waals surface area contributed by atoms with Gasteiger partial charge in [0.15, 0.2) is 0 Å². The number of carbonyl (C=O) groups excluding carboxylic acids is 1. The van der Waals surface area contributed by atoms with Gasteiger partial charge in [0.05, 0.1) is 12.1 Å². The number of hydrogen-bond acceptors (Lipinski definition) is 5. The van der Waals surface area contributed by atoms with Crippen molar-refractivity contribution in [1.82, 2.24) is 20.3 Å². The molecule has 7 heteroatoms. The Bertz CT molecular complexity index is 1060. The maximum atomic E-state index is 13.3. The van der Waals surface area contributed by atoms with Gasteiger partial charge in [-0.15, -0.1) is 0 Å². The number of benzene rings is 1. The number of aromatic nitrogens is 3. The molecular weight excluding hydrogens is 405 g/mol. The number of piperidine rings is 1. The summed E-state index contributed by atoms with van der Waals surface area (Å²) in [7, 11) is 0. The van der Waals surface area contributed by atoms with Gasteiger partial charge in [-0.25, -0.2) is 14.4 Å². The fourth-order valence-corrected chi connectivity index (χ4v) is 4.07. The zero-order chi connectivity index (χ0) is 22.5. The third-order valence-electron chi connectivity index (χ3n) is 5.74. The Balaban J connectivity index is 1.37. The standard InChI is InChI=1S/C25H28FN5O/c1-17(2)24-22(19-6-10-27-11-7-19)16-28-25(30-24)31-12-8-21(9-13-31)29-23(32)15-18-4-3-5-20(26)14-18/h3-7,10-11,14,16-17,21H,8-9,12-13,15H2,1-2H3,(H,29,32). The second kappa shape index (κ2) is 9.85. The SMILES string of the molecule is CC(C)c1nc(N2CCC(NC(=O)Cc3cccc(F)c3)CC2)ncc1-c1ccncc1. The smallest absolute Gasteiger partial charge is 0.225 e. The van der Waals surface area contributed by atoms with E-state index in [-0.39, 0.29) is 30.1 Å². The molecule has 6 nitrogen and oxygen atoms in total. The number of halogens is 1. The highest BCUT2D eigenvalue weighted by Crippen LogP contribution is 2.29. The molecule has 1 N–H and O–H groups in total. The van der Waals surface area contributed by atoms with Crippen LogP contribution in [0.4, 0.5) is 10.3 Å². The number of nitrogens with zero attached hydrogens (tertiary/aromatic N) is 4. The van der Waals surface area contributed by atoms with Crippen LogP contribution in [-0.2, 0) is 11.2 Å². The lowest BCUT2D eigenvalue weighted by atomic mass is 10.00. The molecule has 0 atom stereocenters. The lowest BCUT2D eigenvalue weighted by molar-refractivity contribution is -0.121. The molecule has 3 aromatic rings. The van der Waals surface area contributed by atoms with Crippen molar-refractivity contribution < 1.29 is 9.18 Å². The Labute approximate surface area is 187 Å². The van der Waals surface area contributed by atoms with Crippen LogP contribution in [0.1, 0.15) is 43.9 Å². The van der Waals surface area contributed by atoms with E-state index in [2.05, 4.69) is 34.0 Å². The summed E-state index contributed by atoms with van der Waals surface area (Å²) in [5, 5.41) is 3.08. The van der Waals surface area contributed by atoms with Crippen LogP contribution in [0.5, 0.6) is 0 Å². The molecule has 3 heterocycles. The first-order valence-corrected chi connectivity index (χ1v) is 11.1. The summed E-state index contributed by atoms with van der Waals surface area (Å²) in [6.45, 7) is 5.82. The molecule has 32 heavy (non-hydrogen) atoms. The van der Waals surface area contributed by atoms with E-state index < -0.39 is 0 Å². The van der Waals surface area contributed by atoms with Crippen molar-refractivity contribution in [3.63, 3.8) is 0 Å². The highest BCUT2D eigenvalue weighted by Gasteiger charge is 2.23. The van der Waals surface area contributed by atoms with E-state index in [0.717, 1.165) is 48.7 Å². The lowest BCUT2D eigenvalue weighted by Crippen LogP contribution is -2.45. The van der Waals surface area contributed by atoms with Crippen molar-refractivity contribution in [2.45, 2.75) is 45.1 Å². The summed E-state index contributed by atoms with van der Waals surface area (Å²) >= 11 is 0. The quantitative estimate of drug-likeness (QED) is 0.633. The highest BCUT2D eigenvalue weighted by molar-refractivity contribution is 5.78. The average molecular weight is 434 g/mol. The molecule has 0 spiro atoms. The van der Waals surface area contributed by atoms with E-state index in [1.807, 2.05) is 18.3 Å². The van der Waals surface area contributed by atoms with Crippen LogP contribution >= 0.6 is 0 Å². The lowest BCUT2D eigenvalue weighted by Gasteiger charge is -2.33. The molecule has 0 saturated carbocycles. The van der Waals surface area contributed by atoms with Crippen LogP contribution in [0.15, 0.2) is 55.0 Å². The largest absolute Gasteiger partial charge is 0.353 e. The van der Waals surface area contributed by atoms with Crippen molar-refractivity contribution in [2.75, 3.05) is 18.0 Å². The second-order valence-corrected chi connectivity index (χ2v) is 8.50. The van der Waals surface area contributed by atoms with E-state index in [9.17, 15) is 9.18 Å². The van der Waals surface area contributed by atoms with Crippen molar-refractivity contribution in [3.05, 3.63) is 72.1 Å². The third kappa shape index (κ3) is 5.28. The van der Waals surface area contributed by atoms with Crippen molar-refractivity contribution in [1.29, 1.82) is 0 Å². The number of pyridine rings is 1. The molecule has 0 bridgehead atoms. The molecule has 1 aromatic carbocycles. The van der Waals surface area contributed by atoms with Crippen LogP contribution < -0.4 is 10.2 Å². The van der Waals surface area contributed by atoms with Crippen LogP contribution in [-0.4, -0.2) is 40.0 Å². The molecule has 166 valence electrons. The molecule has 0 unspecified atom stereocenters. The number of nitrogens with one attached hydrogen (secondary N) is 1. The molecule has 1 amide bonds. The van der Waals surface area contributed by atoms with Crippen LogP contribution in [0.2, 0.25) is 0 Å². The van der Waals surface area contributed by atoms with Crippen LogP contribution in [0, 0.1) is 5.82 Å². The minimum Gasteiger partial charge on any atom is -0.353 e. The molecule has 0 radical (unpaired) electrons. The first kappa shape index (κ1) is 21.9. The molecule has 1 aliphatic heterocycles. The third-order valence-corrected chi connectivity index (χ3v) is 5.74. The summed E-state index contributed by atoms with van der Waals surface area (Å²) < 4.78 is 13.3. The Hall–Kier alpha value is -3.35. The Kier molecular flexibility index (Phi) is 6.73. The zero-order valence-corrected chi connectivity index (χ0v) is 18.5. The second-order valence-electron chi connectivity index (χ2n) is 8.50. The number of amides is 1. The van der Waals surface area contributed by atoms with Gasteiger partial charge in [-0.05, 0) is 54.2 Å². The summed E-state index contributed by atoms with van der Waals surface area (Å²) in [5.74, 6) is 0.601. The summed E-state index contributed by atoms with van der Waals surface area (Å²) in [5.41, 5.74) is 3.80. The van der Waals surface area contributed by atoms with Gasteiger partial charge in [-0.1, -0.05) is 26.0 Å². The topological polar surface area (TPSA) is 71.0 Å². The van der Waals surface area contributed by atoms with Gasteiger partial charge in [0.25, 0.3) is 0 Å². The first-order valence-electron chi connectivity index (χ1n) is 11.1. The van der Waals surface area contributed by atoms with E-state index >= 15 is 0 Å². The maximum Gasteiger partial charge on any atom is 0.225 e. The van der Waals surface area contributed by atoms with Crippen molar-refractivity contribution in [2.24, 2.45) is 0 Å². The monoisotopic (exact) mass is 433 g/mol. The van der Waals surface area contributed by atoms with Gasteiger partial charge >= 0.3 is 0 Å². The van der Waals surface area contributed by atoms with Gasteiger partial charge in [-0.3, -0.25) is 9.78 Å². The maximum absolute atomic E-state index is 13.3. The summed E-state index contributed by atoms with van der Waals surface area (Å²) in [6.07, 6.45) is 7.29. The molecule has 2 aromatic heterocycles.